The molecule has 140 valence electrons. The van der Waals surface area contributed by atoms with E-state index in [2.05, 4.69) is 4.90 Å². The minimum atomic E-state index is -0.239. The first-order valence-corrected chi connectivity index (χ1v) is 9.37. The normalized spacial score (nSPS) is 17.8. The lowest BCUT2D eigenvalue weighted by molar-refractivity contribution is 0.0660. The summed E-state index contributed by atoms with van der Waals surface area (Å²) in [7, 11) is 0. The van der Waals surface area contributed by atoms with Crippen molar-refractivity contribution in [3.05, 3.63) is 66.1 Å². The van der Waals surface area contributed by atoms with E-state index < -0.39 is 0 Å². The summed E-state index contributed by atoms with van der Waals surface area (Å²) >= 11 is 0. The van der Waals surface area contributed by atoms with E-state index in [1.807, 2.05) is 61.5 Å². The molecule has 0 spiro atoms. The number of aliphatic hydroxyl groups is 1. The smallest absolute Gasteiger partial charge is 0.226 e. The lowest BCUT2D eigenvalue weighted by Gasteiger charge is -2.29. The predicted octanol–water partition coefficient (Wildman–Crippen LogP) is 4.40. The first-order chi connectivity index (χ1) is 13.2. The molecule has 0 aliphatic carbocycles. The first kappa shape index (κ1) is 17.8. The number of para-hydroxylation sites is 1. The van der Waals surface area contributed by atoms with Crippen LogP contribution in [0.5, 0.6) is 11.5 Å². The van der Waals surface area contributed by atoms with E-state index in [-0.39, 0.29) is 6.10 Å². The van der Waals surface area contributed by atoms with Gasteiger partial charge in [-0.3, -0.25) is 4.90 Å². The molecule has 2 heterocycles. The van der Waals surface area contributed by atoms with Crippen molar-refractivity contribution < 1.29 is 14.3 Å². The largest absolute Gasteiger partial charge is 0.457 e. The predicted molar refractivity (Wildman–Crippen MR) is 104 cm³/mol. The average molecular weight is 364 g/mol. The lowest BCUT2D eigenvalue weighted by Crippen LogP contribution is -2.37. The molecule has 1 fully saturated rings. The Morgan fingerprint density at radius 1 is 1.15 bits per heavy atom. The molecule has 1 aliphatic heterocycles. The molecule has 0 unspecified atom stereocenters. The monoisotopic (exact) mass is 364 g/mol. The maximum Gasteiger partial charge on any atom is 0.226 e. The summed E-state index contributed by atoms with van der Waals surface area (Å²) in [6.45, 7) is 4.32. The first-order valence-electron chi connectivity index (χ1n) is 9.37. The van der Waals surface area contributed by atoms with Crippen LogP contribution in [0.4, 0.5) is 0 Å². The number of aliphatic hydroxyl groups excluding tert-OH is 1. The van der Waals surface area contributed by atoms with Crippen molar-refractivity contribution in [3.63, 3.8) is 0 Å². The molecule has 3 aromatic rings. The molecule has 0 saturated carbocycles. The molecule has 27 heavy (non-hydrogen) atoms. The maximum atomic E-state index is 9.86. The number of benzene rings is 2. The van der Waals surface area contributed by atoms with Crippen molar-refractivity contribution in [2.75, 3.05) is 13.1 Å². The fourth-order valence-electron chi connectivity index (χ4n) is 3.40. The number of ether oxygens (including phenoxy) is 1. The van der Waals surface area contributed by atoms with E-state index in [9.17, 15) is 5.11 Å². The number of rotatable bonds is 5. The number of aromatic nitrogens is 1. The van der Waals surface area contributed by atoms with Crippen molar-refractivity contribution in [2.24, 2.45) is 0 Å². The molecular formula is C22H24N2O3. The van der Waals surface area contributed by atoms with Gasteiger partial charge in [0.2, 0.25) is 5.89 Å². The molecule has 0 amide bonds. The van der Waals surface area contributed by atoms with Crippen molar-refractivity contribution >= 4 is 0 Å². The molecule has 1 aromatic heterocycles. The van der Waals surface area contributed by atoms with Crippen LogP contribution >= 0.6 is 0 Å². The second-order valence-electron chi connectivity index (χ2n) is 7.00. The summed E-state index contributed by atoms with van der Waals surface area (Å²) in [6, 6.07) is 17.5. The number of oxazole rings is 1. The fourth-order valence-corrected chi connectivity index (χ4v) is 3.40. The van der Waals surface area contributed by atoms with Gasteiger partial charge in [0.1, 0.15) is 17.3 Å². The van der Waals surface area contributed by atoms with Gasteiger partial charge < -0.3 is 14.3 Å². The molecule has 2 aromatic carbocycles. The number of hydrogen-bond donors (Lipinski definition) is 1. The van der Waals surface area contributed by atoms with Gasteiger partial charge in [-0.05, 0) is 56.6 Å². The van der Waals surface area contributed by atoms with Crippen LogP contribution in [0.1, 0.15) is 24.3 Å². The highest BCUT2D eigenvalue weighted by Crippen LogP contribution is 2.28. The third-order valence-corrected chi connectivity index (χ3v) is 4.81. The minimum absolute atomic E-state index is 0.239. The van der Waals surface area contributed by atoms with Crippen molar-refractivity contribution in [3.8, 4) is 23.0 Å². The summed E-state index contributed by atoms with van der Waals surface area (Å²) in [6.07, 6.45) is 1.66. The zero-order valence-corrected chi connectivity index (χ0v) is 15.5. The Labute approximate surface area is 159 Å². The molecule has 0 bridgehead atoms. The SMILES string of the molecule is Cc1oc(-c2cccc(Oc3ccccc3)c2)nc1CN1CCC[C@H](O)C1. The van der Waals surface area contributed by atoms with E-state index in [0.29, 0.717) is 19.0 Å². The number of hydrogen-bond acceptors (Lipinski definition) is 5. The lowest BCUT2D eigenvalue weighted by atomic mass is 10.1. The third kappa shape index (κ3) is 4.38. The Morgan fingerprint density at radius 2 is 1.96 bits per heavy atom. The third-order valence-electron chi connectivity index (χ3n) is 4.81. The van der Waals surface area contributed by atoms with Gasteiger partial charge in [0, 0.05) is 18.7 Å². The van der Waals surface area contributed by atoms with E-state index in [1.54, 1.807) is 0 Å². The Morgan fingerprint density at radius 3 is 2.78 bits per heavy atom. The molecule has 5 heteroatoms. The van der Waals surface area contributed by atoms with Crippen molar-refractivity contribution in [1.82, 2.24) is 9.88 Å². The van der Waals surface area contributed by atoms with Crippen LogP contribution in [0.2, 0.25) is 0 Å². The molecular weight excluding hydrogens is 340 g/mol. The summed E-state index contributed by atoms with van der Waals surface area (Å²) in [5.74, 6) is 2.95. The molecule has 1 aliphatic rings. The molecule has 1 atom stereocenters. The molecule has 5 nitrogen and oxygen atoms in total. The second kappa shape index (κ2) is 7.94. The highest BCUT2D eigenvalue weighted by atomic mass is 16.5. The Kier molecular flexibility index (Phi) is 5.23. The number of piperidine rings is 1. The Hall–Kier alpha value is -2.63. The highest BCUT2D eigenvalue weighted by Gasteiger charge is 2.20. The molecule has 0 radical (unpaired) electrons. The van der Waals surface area contributed by atoms with Crippen LogP contribution in [0.3, 0.4) is 0 Å². The summed E-state index contributed by atoms with van der Waals surface area (Å²) in [5, 5.41) is 9.86. The molecule has 1 saturated heterocycles. The highest BCUT2D eigenvalue weighted by molar-refractivity contribution is 5.57. The van der Waals surface area contributed by atoms with Crippen LogP contribution in [0.15, 0.2) is 59.0 Å². The standard InChI is InChI=1S/C22H24N2O3/c1-16-21(15-24-12-6-8-18(25)14-24)23-22(26-16)17-7-5-11-20(13-17)27-19-9-3-2-4-10-19/h2-5,7,9-11,13,18,25H,6,8,12,14-15H2,1H3/t18-/m0/s1. The maximum absolute atomic E-state index is 9.86. The number of nitrogens with zero attached hydrogens (tertiary/aromatic N) is 2. The van der Waals surface area contributed by atoms with Gasteiger partial charge in [-0.2, -0.15) is 0 Å². The zero-order valence-electron chi connectivity index (χ0n) is 15.5. The van der Waals surface area contributed by atoms with Crippen LogP contribution in [0, 0.1) is 6.92 Å². The van der Waals surface area contributed by atoms with Crippen LogP contribution in [0.25, 0.3) is 11.5 Å². The zero-order chi connectivity index (χ0) is 18.6. The minimum Gasteiger partial charge on any atom is -0.457 e. The number of β-amino-alcohol motifs (C(OH)–C–C–N with tert-alkyl or cyclic N) is 1. The Balaban J connectivity index is 1.51. The van der Waals surface area contributed by atoms with E-state index in [1.165, 1.54) is 0 Å². The summed E-state index contributed by atoms with van der Waals surface area (Å²) < 4.78 is 11.8. The van der Waals surface area contributed by atoms with Gasteiger partial charge in [-0.25, -0.2) is 4.98 Å². The summed E-state index contributed by atoms with van der Waals surface area (Å²) in [5.41, 5.74) is 1.81. The number of aryl methyl sites for hydroxylation is 1. The van der Waals surface area contributed by atoms with Gasteiger partial charge in [0.05, 0.1) is 11.8 Å². The fraction of sp³-hybridized carbons (Fsp3) is 0.318. The summed E-state index contributed by atoms with van der Waals surface area (Å²) in [4.78, 5) is 6.94. The molecule has 1 N–H and O–H groups in total. The topological polar surface area (TPSA) is 58.7 Å². The van der Waals surface area contributed by atoms with Gasteiger partial charge in [-0.1, -0.05) is 24.3 Å². The van der Waals surface area contributed by atoms with Gasteiger partial charge in [0.15, 0.2) is 0 Å². The van der Waals surface area contributed by atoms with Gasteiger partial charge in [0.25, 0.3) is 0 Å². The van der Waals surface area contributed by atoms with E-state index in [0.717, 1.165) is 47.9 Å². The Bertz CT molecular complexity index is 892. The second-order valence-corrected chi connectivity index (χ2v) is 7.00. The van der Waals surface area contributed by atoms with Crippen LogP contribution in [-0.4, -0.2) is 34.2 Å². The average Bonchev–Trinajstić information content (AvgIpc) is 3.03. The van der Waals surface area contributed by atoms with E-state index in [4.69, 9.17) is 14.1 Å². The van der Waals surface area contributed by atoms with Crippen LogP contribution < -0.4 is 4.74 Å². The van der Waals surface area contributed by atoms with Crippen molar-refractivity contribution in [2.45, 2.75) is 32.4 Å². The van der Waals surface area contributed by atoms with Crippen molar-refractivity contribution in [1.29, 1.82) is 0 Å². The quantitative estimate of drug-likeness (QED) is 0.727. The van der Waals surface area contributed by atoms with Gasteiger partial charge in [-0.15, -0.1) is 0 Å². The van der Waals surface area contributed by atoms with Crippen LogP contribution in [-0.2, 0) is 6.54 Å². The van der Waals surface area contributed by atoms with Gasteiger partial charge >= 0.3 is 0 Å². The van der Waals surface area contributed by atoms with E-state index >= 15 is 0 Å². The molecule has 4 rings (SSSR count). The number of likely N-dealkylation sites (tertiary alicyclic amines) is 1.